The van der Waals surface area contributed by atoms with Gasteiger partial charge >= 0.3 is 5.49 Å². The summed E-state index contributed by atoms with van der Waals surface area (Å²) in [5.41, 5.74) is -0.134. The summed E-state index contributed by atoms with van der Waals surface area (Å²) < 4.78 is 0. The van der Waals surface area contributed by atoms with Crippen LogP contribution in [0.2, 0.25) is 0 Å². The topological polar surface area (TPSA) is 93.6 Å². The number of hydrogen-bond donors (Lipinski definition) is 2. The molecule has 1 aromatic heterocycles. The molecule has 8 heavy (non-hydrogen) atoms. The summed E-state index contributed by atoms with van der Waals surface area (Å²) in [4.78, 5) is -0.566. The summed E-state index contributed by atoms with van der Waals surface area (Å²) in [6.45, 7) is 0. The Balaban J connectivity index is 3.28. The predicted molar refractivity (Wildman–Crippen MR) is 24.9 cm³/mol. The van der Waals surface area contributed by atoms with Gasteiger partial charge in [0.25, 0.3) is 0 Å². The molecule has 6 nitrogen and oxygen atoms in total. The van der Waals surface area contributed by atoms with E-state index in [0.29, 0.717) is 0 Å². The Hall–Kier alpha value is -1.46. The molecule has 0 unspecified atom stereocenters. The highest BCUT2D eigenvalue weighted by Gasteiger charge is 1.81. The van der Waals surface area contributed by atoms with E-state index in [2.05, 4.69) is 15.4 Å². The van der Waals surface area contributed by atoms with Crippen molar-refractivity contribution >= 4 is 0 Å². The van der Waals surface area contributed by atoms with Crippen LogP contribution in [-0.2, 0) is 0 Å². The first kappa shape index (κ1) is 4.69. The first-order chi connectivity index (χ1) is 3.80. The molecule has 0 aliphatic rings. The zero-order valence-electron chi connectivity index (χ0n) is 3.79. The van der Waals surface area contributed by atoms with Gasteiger partial charge in [0, 0.05) is 0 Å². The Morgan fingerprint density at radius 3 is 2.62 bits per heavy atom. The normalized spacial score (nSPS) is 9.00. The third-order valence-corrected chi connectivity index (χ3v) is 0.632. The second-order valence-electron chi connectivity index (χ2n) is 1.14. The van der Waals surface area contributed by atoms with Gasteiger partial charge in [-0.2, -0.15) is 5.10 Å². The second kappa shape index (κ2) is 1.57. The largest absolute Gasteiger partial charge is 0.712 e. The highest BCUT2D eigenvalue weighted by atomic mass is 16.8. The zero-order chi connectivity index (χ0) is 5.98. The zero-order valence-corrected chi connectivity index (χ0v) is 3.79. The van der Waals surface area contributed by atoms with Crippen LogP contribution in [0.5, 0.6) is 0 Å². The van der Waals surface area contributed by atoms with Crippen LogP contribution in [0.1, 0.15) is 0 Å². The van der Waals surface area contributed by atoms with Crippen molar-refractivity contribution in [1.82, 2.24) is 20.3 Å². The van der Waals surface area contributed by atoms with Gasteiger partial charge in [-0.3, -0.25) is 4.90 Å². The van der Waals surface area contributed by atoms with Crippen molar-refractivity contribution in [3.8, 4) is 0 Å². The molecule has 0 fully saturated rings. The first-order valence-electron chi connectivity index (χ1n) is 1.86. The molecule has 44 valence electrons. The number of rotatable bonds is 0. The average molecular weight is 115 g/mol. The quantitative estimate of drug-likeness (QED) is 0.403. The summed E-state index contributed by atoms with van der Waals surface area (Å²) >= 11 is 0. The molecule has 1 heterocycles. The second-order valence-corrected chi connectivity index (χ2v) is 1.14. The van der Waals surface area contributed by atoms with Crippen LogP contribution in [0, 0.1) is 10.4 Å². The van der Waals surface area contributed by atoms with E-state index in [1.165, 1.54) is 0 Å². The molecule has 0 radical (unpaired) electrons. The van der Waals surface area contributed by atoms with Gasteiger partial charge in [-0.1, -0.05) is 0 Å². The summed E-state index contributed by atoms with van der Waals surface area (Å²) in [5, 5.41) is 27.3. The Morgan fingerprint density at radius 1 is 1.62 bits per heavy atom. The maximum absolute atomic E-state index is 9.78. The molecular formula is C2H3N4O2-. The van der Waals surface area contributed by atoms with Crippen LogP contribution in [0.3, 0.4) is 0 Å². The molecule has 0 saturated heterocycles. The molecule has 0 atom stereocenters. The van der Waals surface area contributed by atoms with Crippen LogP contribution >= 0.6 is 0 Å². The number of aromatic amines is 2. The Bertz CT molecular complexity index is 201. The van der Waals surface area contributed by atoms with Gasteiger partial charge in [0.2, 0.25) is 0 Å². The SMILES string of the molecule is [O-][N+]([O-])=c1cn[nH][nH]1. The van der Waals surface area contributed by atoms with Crippen molar-refractivity contribution < 1.29 is 0 Å². The van der Waals surface area contributed by atoms with Crippen molar-refractivity contribution in [1.29, 1.82) is 0 Å². The standard InChI is InChI=1S/C2H3N4O2/c7-6(8)2-1-3-5-4-2/h1,4-5H/q-1. The van der Waals surface area contributed by atoms with Crippen molar-refractivity contribution in [3.05, 3.63) is 22.1 Å². The van der Waals surface area contributed by atoms with Crippen molar-refractivity contribution in [2.45, 2.75) is 0 Å². The third-order valence-electron chi connectivity index (χ3n) is 0.632. The minimum atomic E-state index is -0.566. The van der Waals surface area contributed by atoms with E-state index in [-0.39, 0.29) is 5.49 Å². The number of nitrogens with zero attached hydrogens (tertiary/aromatic N) is 2. The Labute approximate surface area is 43.6 Å². The van der Waals surface area contributed by atoms with Crippen LogP contribution in [-0.4, -0.2) is 15.4 Å². The lowest BCUT2D eigenvalue weighted by Gasteiger charge is -2.06. The van der Waals surface area contributed by atoms with E-state index < -0.39 is 4.90 Å². The number of nitrogens with one attached hydrogen (secondary N) is 2. The molecule has 2 N–H and O–H groups in total. The summed E-state index contributed by atoms with van der Waals surface area (Å²) in [7, 11) is 0. The van der Waals surface area contributed by atoms with Crippen LogP contribution in [0.4, 0.5) is 0 Å². The van der Waals surface area contributed by atoms with Crippen LogP contribution in [0.15, 0.2) is 6.20 Å². The molecule has 6 heteroatoms. The van der Waals surface area contributed by atoms with Crippen LogP contribution in [0.25, 0.3) is 0 Å². The molecule has 0 aliphatic heterocycles. The first-order valence-corrected chi connectivity index (χ1v) is 1.86. The lowest BCUT2D eigenvalue weighted by molar-refractivity contribution is 0.862. The molecule has 0 aromatic carbocycles. The lowest BCUT2D eigenvalue weighted by Crippen LogP contribution is -2.18. The van der Waals surface area contributed by atoms with E-state index in [1.807, 2.05) is 0 Å². The highest BCUT2D eigenvalue weighted by Crippen LogP contribution is 1.51. The maximum Gasteiger partial charge on any atom is 0.321 e. The fraction of sp³-hybridized carbons (Fsp3) is 0. The number of H-pyrrole nitrogens is 2. The molecule has 0 saturated carbocycles. The summed E-state index contributed by atoms with van der Waals surface area (Å²) in [5.74, 6) is 0. The van der Waals surface area contributed by atoms with Crippen molar-refractivity contribution in [2.75, 3.05) is 0 Å². The van der Waals surface area contributed by atoms with E-state index in [0.717, 1.165) is 6.20 Å². The van der Waals surface area contributed by atoms with E-state index in [4.69, 9.17) is 0 Å². The molecular weight excluding hydrogens is 112 g/mol. The number of aromatic nitrogens is 3. The fourth-order valence-corrected chi connectivity index (χ4v) is 0.308. The Morgan fingerprint density at radius 2 is 2.38 bits per heavy atom. The maximum atomic E-state index is 9.78. The summed E-state index contributed by atoms with van der Waals surface area (Å²) in [6, 6.07) is 0. The predicted octanol–water partition coefficient (Wildman–Crippen LogP) is -1.49. The van der Waals surface area contributed by atoms with Crippen molar-refractivity contribution in [2.24, 2.45) is 0 Å². The van der Waals surface area contributed by atoms with E-state index in [9.17, 15) is 10.4 Å². The smallest absolute Gasteiger partial charge is 0.321 e. The van der Waals surface area contributed by atoms with Gasteiger partial charge < -0.3 is 10.4 Å². The molecule has 0 amide bonds. The average Bonchev–Trinajstić information content (AvgIpc) is 2.12. The molecule has 1 aromatic rings. The van der Waals surface area contributed by atoms with E-state index >= 15 is 0 Å². The van der Waals surface area contributed by atoms with Crippen molar-refractivity contribution in [3.63, 3.8) is 0 Å². The molecule has 0 bridgehead atoms. The van der Waals surface area contributed by atoms with Gasteiger partial charge in [-0.25, -0.2) is 0 Å². The minimum Gasteiger partial charge on any atom is -0.712 e. The van der Waals surface area contributed by atoms with Gasteiger partial charge in [0.05, 0.1) is 0 Å². The molecule has 0 aliphatic carbocycles. The van der Waals surface area contributed by atoms with E-state index in [1.54, 1.807) is 0 Å². The Kier molecular flexibility index (Phi) is 0.918. The van der Waals surface area contributed by atoms with Gasteiger partial charge in [0.15, 0.2) is 0 Å². The molecule has 1 rings (SSSR count). The van der Waals surface area contributed by atoms with Gasteiger partial charge in [-0.05, 0) is 0 Å². The lowest BCUT2D eigenvalue weighted by atomic mass is 10.9. The van der Waals surface area contributed by atoms with Crippen LogP contribution < -0.4 is 10.4 Å². The fourth-order valence-electron chi connectivity index (χ4n) is 0.308. The third kappa shape index (κ3) is 0.625. The minimum absolute atomic E-state index is 0.134. The van der Waals surface area contributed by atoms with Gasteiger partial charge in [-0.15, -0.1) is 10.3 Å². The van der Waals surface area contributed by atoms with Gasteiger partial charge in [0.1, 0.15) is 6.20 Å². The monoisotopic (exact) mass is 115 g/mol. The number of hydrogen-bond acceptors (Lipinski definition) is 3. The highest BCUT2D eigenvalue weighted by molar-refractivity contribution is 4.67. The summed E-state index contributed by atoms with van der Waals surface area (Å²) in [6.07, 6.45) is 1.10. The molecule has 0 spiro atoms.